The number of carbonyl (C=O) groups excluding carboxylic acids is 1. The molecule has 1 aromatic carbocycles. The summed E-state index contributed by atoms with van der Waals surface area (Å²) in [5, 5.41) is 7.39. The predicted octanol–water partition coefficient (Wildman–Crippen LogP) is 3.29. The van der Waals surface area contributed by atoms with Crippen molar-refractivity contribution in [1.29, 1.82) is 0 Å². The van der Waals surface area contributed by atoms with Gasteiger partial charge >= 0.3 is 0 Å². The SMILES string of the molecule is Cc1nonc1COc1c(Br)cc(C=O)cc1Br. The Bertz CT molecular complexity index is 560. The fraction of sp³-hybridized carbons (Fsp3) is 0.182. The van der Waals surface area contributed by atoms with Gasteiger partial charge in [-0.25, -0.2) is 4.63 Å². The van der Waals surface area contributed by atoms with Crippen molar-refractivity contribution < 1.29 is 14.2 Å². The van der Waals surface area contributed by atoms with E-state index in [1.807, 2.05) is 0 Å². The number of aldehydes is 1. The van der Waals surface area contributed by atoms with Gasteiger partial charge < -0.3 is 4.74 Å². The van der Waals surface area contributed by atoms with Crippen molar-refractivity contribution >= 4 is 38.1 Å². The number of ether oxygens (including phenoxy) is 1. The van der Waals surface area contributed by atoms with E-state index < -0.39 is 0 Å². The lowest BCUT2D eigenvalue weighted by Crippen LogP contribution is -1.99. The first-order valence-electron chi connectivity index (χ1n) is 4.97. The molecule has 0 fully saturated rings. The maximum atomic E-state index is 10.7. The molecule has 0 amide bonds. The molecule has 0 aliphatic rings. The van der Waals surface area contributed by atoms with E-state index in [9.17, 15) is 4.79 Å². The summed E-state index contributed by atoms with van der Waals surface area (Å²) in [7, 11) is 0. The van der Waals surface area contributed by atoms with Crippen molar-refractivity contribution in [1.82, 2.24) is 10.3 Å². The number of carbonyl (C=O) groups is 1. The number of aryl methyl sites for hydroxylation is 1. The second kappa shape index (κ2) is 5.62. The van der Waals surface area contributed by atoms with Gasteiger partial charge in [-0.3, -0.25) is 4.79 Å². The topological polar surface area (TPSA) is 65.2 Å². The van der Waals surface area contributed by atoms with E-state index in [0.717, 1.165) is 6.29 Å². The lowest BCUT2D eigenvalue weighted by atomic mass is 10.2. The molecule has 0 atom stereocenters. The molecule has 1 heterocycles. The second-order valence-electron chi connectivity index (χ2n) is 3.52. The van der Waals surface area contributed by atoms with E-state index >= 15 is 0 Å². The Kier molecular flexibility index (Phi) is 4.13. The molecule has 0 N–H and O–H groups in total. The monoisotopic (exact) mass is 374 g/mol. The Balaban J connectivity index is 2.19. The Morgan fingerprint density at radius 1 is 1.33 bits per heavy atom. The summed E-state index contributed by atoms with van der Waals surface area (Å²) in [6.45, 7) is 2.03. The highest BCUT2D eigenvalue weighted by Crippen LogP contribution is 2.34. The molecule has 0 aliphatic heterocycles. The van der Waals surface area contributed by atoms with Crippen LogP contribution < -0.4 is 4.74 Å². The highest BCUT2D eigenvalue weighted by molar-refractivity contribution is 9.11. The van der Waals surface area contributed by atoms with Gasteiger partial charge in [-0.15, -0.1) is 0 Å². The average molecular weight is 376 g/mol. The zero-order chi connectivity index (χ0) is 13.1. The maximum absolute atomic E-state index is 10.7. The number of benzene rings is 1. The first-order chi connectivity index (χ1) is 8.61. The second-order valence-corrected chi connectivity index (χ2v) is 5.23. The summed E-state index contributed by atoms with van der Waals surface area (Å²) in [6.07, 6.45) is 0.769. The fourth-order valence-electron chi connectivity index (χ4n) is 1.31. The first-order valence-corrected chi connectivity index (χ1v) is 6.55. The highest BCUT2D eigenvalue weighted by Gasteiger charge is 2.11. The van der Waals surface area contributed by atoms with E-state index in [1.165, 1.54) is 0 Å². The molecular formula is C11H8Br2N2O3. The van der Waals surface area contributed by atoms with Crippen molar-refractivity contribution in [3.05, 3.63) is 38.0 Å². The fourth-order valence-corrected chi connectivity index (χ4v) is 2.76. The quantitative estimate of drug-likeness (QED) is 0.767. The summed E-state index contributed by atoms with van der Waals surface area (Å²) in [4.78, 5) is 10.7. The van der Waals surface area contributed by atoms with Crippen LogP contribution in [-0.2, 0) is 6.61 Å². The van der Waals surface area contributed by atoms with Gasteiger partial charge in [0.15, 0.2) is 0 Å². The molecule has 0 radical (unpaired) electrons. The van der Waals surface area contributed by atoms with Crippen molar-refractivity contribution in [2.75, 3.05) is 0 Å². The van der Waals surface area contributed by atoms with Gasteiger partial charge in [-0.2, -0.15) is 0 Å². The average Bonchev–Trinajstić information content (AvgIpc) is 2.73. The number of halogens is 2. The number of nitrogens with zero attached hydrogens (tertiary/aromatic N) is 2. The van der Waals surface area contributed by atoms with Crippen LogP contribution in [-0.4, -0.2) is 16.6 Å². The van der Waals surface area contributed by atoms with Gasteiger partial charge in [-0.05, 0) is 50.9 Å². The van der Waals surface area contributed by atoms with Gasteiger partial charge in [0.25, 0.3) is 0 Å². The highest BCUT2D eigenvalue weighted by atomic mass is 79.9. The summed E-state index contributed by atoms with van der Waals surface area (Å²) in [6, 6.07) is 3.36. The predicted molar refractivity (Wildman–Crippen MR) is 70.6 cm³/mol. The molecule has 0 unspecified atom stereocenters. The zero-order valence-corrected chi connectivity index (χ0v) is 12.5. The number of aromatic nitrogens is 2. The molecule has 7 heteroatoms. The van der Waals surface area contributed by atoms with E-state index in [1.54, 1.807) is 19.1 Å². The van der Waals surface area contributed by atoms with Crippen LogP contribution >= 0.6 is 31.9 Å². The molecule has 2 rings (SSSR count). The third-order valence-electron chi connectivity index (χ3n) is 2.26. The van der Waals surface area contributed by atoms with Crippen molar-refractivity contribution in [2.24, 2.45) is 0 Å². The van der Waals surface area contributed by atoms with Gasteiger partial charge in [0, 0.05) is 5.56 Å². The van der Waals surface area contributed by atoms with E-state index in [0.29, 0.717) is 31.6 Å². The van der Waals surface area contributed by atoms with Gasteiger partial charge in [0.1, 0.15) is 30.0 Å². The van der Waals surface area contributed by atoms with Crippen LogP contribution in [0.15, 0.2) is 25.7 Å². The molecule has 1 aromatic heterocycles. The van der Waals surface area contributed by atoms with Gasteiger partial charge in [0.2, 0.25) is 0 Å². The number of hydrogen-bond acceptors (Lipinski definition) is 5. The molecule has 94 valence electrons. The Hall–Kier alpha value is -1.21. The van der Waals surface area contributed by atoms with Crippen LogP contribution in [0.2, 0.25) is 0 Å². The smallest absolute Gasteiger partial charge is 0.150 e. The van der Waals surface area contributed by atoms with Crippen LogP contribution in [0.25, 0.3) is 0 Å². The molecule has 0 saturated heterocycles. The summed E-state index contributed by atoms with van der Waals surface area (Å²) < 4.78 is 11.6. The Morgan fingerprint density at radius 2 is 2.00 bits per heavy atom. The summed E-state index contributed by atoms with van der Waals surface area (Å²) in [5.74, 6) is 0.600. The summed E-state index contributed by atoms with van der Waals surface area (Å²) >= 11 is 6.70. The first kappa shape index (κ1) is 13.2. The van der Waals surface area contributed by atoms with E-state index in [2.05, 4.69) is 46.8 Å². The van der Waals surface area contributed by atoms with Crippen molar-refractivity contribution in [3.63, 3.8) is 0 Å². The molecule has 0 aliphatic carbocycles. The molecule has 0 spiro atoms. The standard InChI is InChI=1S/C11H8Br2N2O3/c1-6-10(15-18-14-6)5-17-11-8(12)2-7(4-16)3-9(11)13/h2-4H,5H2,1H3. The molecule has 2 aromatic rings. The normalized spacial score (nSPS) is 10.4. The minimum absolute atomic E-state index is 0.243. The van der Waals surface area contributed by atoms with Gasteiger partial charge in [-0.1, -0.05) is 10.3 Å². The summed E-state index contributed by atoms with van der Waals surface area (Å²) in [5.41, 5.74) is 1.88. The van der Waals surface area contributed by atoms with Crippen LogP contribution in [0.1, 0.15) is 21.7 Å². The van der Waals surface area contributed by atoms with Crippen molar-refractivity contribution in [3.8, 4) is 5.75 Å². The van der Waals surface area contributed by atoms with Crippen LogP contribution in [0.3, 0.4) is 0 Å². The van der Waals surface area contributed by atoms with E-state index in [4.69, 9.17) is 4.74 Å². The van der Waals surface area contributed by atoms with Crippen LogP contribution in [0.4, 0.5) is 0 Å². The minimum atomic E-state index is 0.243. The van der Waals surface area contributed by atoms with Crippen molar-refractivity contribution in [2.45, 2.75) is 13.5 Å². The van der Waals surface area contributed by atoms with Crippen LogP contribution in [0, 0.1) is 6.92 Å². The molecular weight excluding hydrogens is 368 g/mol. The lowest BCUT2D eigenvalue weighted by Gasteiger charge is -2.09. The third kappa shape index (κ3) is 2.78. The van der Waals surface area contributed by atoms with Crippen LogP contribution in [0.5, 0.6) is 5.75 Å². The van der Waals surface area contributed by atoms with E-state index in [-0.39, 0.29) is 6.61 Å². The Labute approximate surface area is 120 Å². The maximum Gasteiger partial charge on any atom is 0.150 e. The lowest BCUT2D eigenvalue weighted by molar-refractivity contribution is 0.112. The number of rotatable bonds is 4. The molecule has 0 bridgehead atoms. The zero-order valence-electron chi connectivity index (χ0n) is 9.31. The molecule has 18 heavy (non-hydrogen) atoms. The minimum Gasteiger partial charge on any atom is -0.485 e. The molecule has 5 nitrogen and oxygen atoms in total. The molecule has 0 saturated carbocycles. The third-order valence-corrected chi connectivity index (χ3v) is 3.43. The Morgan fingerprint density at radius 3 is 2.50 bits per heavy atom. The number of hydrogen-bond donors (Lipinski definition) is 0. The van der Waals surface area contributed by atoms with Gasteiger partial charge in [0.05, 0.1) is 8.95 Å². The largest absolute Gasteiger partial charge is 0.485 e.